The van der Waals surface area contributed by atoms with E-state index in [1.807, 2.05) is 30.3 Å². The van der Waals surface area contributed by atoms with Gasteiger partial charge in [0, 0.05) is 5.02 Å². The highest BCUT2D eigenvalue weighted by atomic mass is 35.5. The molecule has 0 radical (unpaired) electrons. The fourth-order valence-corrected chi connectivity index (χ4v) is 2.14. The number of hydrogen-bond acceptors (Lipinski definition) is 4. The third kappa shape index (κ3) is 5.75. The number of esters is 2. The highest BCUT2D eigenvalue weighted by Gasteiger charge is 2.11. The number of carbonyl (C=O) groups excluding carboxylic acids is 2. The second-order valence-corrected chi connectivity index (χ2v) is 5.47. The van der Waals surface area contributed by atoms with Crippen LogP contribution in [0.3, 0.4) is 0 Å². The van der Waals surface area contributed by atoms with Crippen molar-refractivity contribution < 1.29 is 19.1 Å². The van der Waals surface area contributed by atoms with Crippen LogP contribution in [0.5, 0.6) is 5.75 Å². The lowest BCUT2D eigenvalue weighted by Gasteiger charge is -2.08. The Kier molecular flexibility index (Phi) is 6.18. The number of halogens is 1. The van der Waals surface area contributed by atoms with Crippen LogP contribution in [0.25, 0.3) is 0 Å². The van der Waals surface area contributed by atoms with Gasteiger partial charge in [-0.3, -0.25) is 9.59 Å². The summed E-state index contributed by atoms with van der Waals surface area (Å²) in [5.41, 5.74) is 1.66. The van der Waals surface area contributed by atoms with Crippen LogP contribution < -0.4 is 4.74 Å². The number of carbonyl (C=O) groups is 2. The van der Waals surface area contributed by atoms with Crippen LogP contribution in [0, 0.1) is 6.92 Å². The summed E-state index contributed by atoms with van der Waals surface area (Å²) in [5.74, 6) is -0.470. The van der Waals surface area contributed by atoms with Crippen LogP contribution >= 0.6 is 11.6 Å². The number of ether oxygens (including phenoxy) is 2. The highest BCUT2D eigenvalue weighted by Crippen LogP contribution is 2.22. The van der Waals surface area contributed by atoms with Crippen molar-refractivity contribution in [1.82, 2.24) is 0 Å². The lowest BCUT2D eigenvalue weighted by atomic mass is 10.2. The molecule has 0 spiro atoms. The molecule has 0 aliphatic heterocycles. The van der Waals surface area contributed by atoms with Crippen molar-refractivity contribution in [3.8, 4) is 5.75 Å². The fourth-order valence-electron chi connectivity index (χ4n) is 1.92. The molecule has 0 fully saturated rings. The first kappa shape index (κ1) is 17.0. The van der Waals surface area contributed by atoms with Gasteiger partial charge in [-0.2, -0.15) is 0 Å². The molecule has 2 aromatic rings. The molecule has 0 aromatic heterocycles. The first-order valence-corrected chi connectivity index (χ1v) is 7.59. The summed E-state index contributed by atoms with van der Waals surface area (Å²) < 4.78 is 10.3. The first-order chi connectivity index (χ1) is 11.0. The second-order valence-electron chi connectivity index (χ2n) is 5.03. The summed E-state index contributed by atoms with van der Waals surface area (Å²) in [5, 5.41) is 0.576. The molecule has 120 valence electrons. The van der Waals surface area contributed by atoms with Gasteiger partial charge in [-0.05, 0) is 36.2 Å². The van der Waals surface area contributed by atoms with Crippen LogP contribution in [0.4, 0.5) is 0 Å². The van der Waals surface area contributed by atoms with Crippen LogP contribution in [0.2, 0.25) is 5.02 Å². The summed E-state index contributed by atoms with van der Waals surface area (Å²) >= 11 is 5.84. The molecule has 2 rings (SSSR count). The Morgan fingerprint density at radius 1 is 1.00 bits per heavy atom. The Hall–Kier alpha value is -2.33. The Morgan fingerprint density at radius 3 is 2.39 bits per heavy atom. The molecule has 0 aliphatic rings. The molecule has 0 saturated heterocycles. The quantitative estimate of drug-likeness (QED) is 0.591. The second kappa shape index (κ2) is 8.34. The monoisotopic (exact) mass is 332 g/mol. The van der Waals surface area contributed by atoms with Crippen molar-refractivity contribution in [3.05, 3.63) is 64.7 Å². The lowest BCUT2D eigenvalue weighted by Crippen LogP contribution is -2.12. The van der Waals surface area contributed by atoms with E-state index in [1.165, 1.54) is 0 Å². The summed E-state index contributed by atoms with van der Waals surface area (Å²) in [6.07, 6.45) is -0.0476. The molecule has 23 heavy (non-hydrogen) atoms. The topological polar surface area (TPSA) is 52.6 Å². The number of aryl methyl sites for hydroxylation is 1. The predicted molar refractivity (Wildman–Crippen MR) is 87.3 cm³/mol. The molecule has 2 aromatic carbocycles. The van der Waals surface area contributed by atoms with Gasteiger partial charge < -0.3 is 9.47 Å². The molecule has 0 aliphatic carbocycles. The third-order valence-electron chi connectivity index (χ3n) is 3.14. The van der Waals surface area contributed by atoms with Gasteiger partial charge in [0.1, 0.15) is 12.4 Å². The minimum atomic E-state index is -0.480. The van der Waals surface area contributed by atoms with Crippen LogP contribution in [0.1, 0.15) is 24.0 Å². The fraction of sp³-hybridized carbons (Fsp3) is 0.222. The van der Waals surface area contributed by atoms with Crippen molar-refractivity contribution in [1.29, 1.82) is 0 Å². The number of rotatable bonds is 6. The molecule has 5 heteroatoms. The zero-order valence-electron chi connectivity index (χ0n) is 12.8. The molecule has 0 bridgehead atoms. The van der Waals surface area contributed by atoms with Gasteiger partial charge in [0.05, 0.1) is 12.8 Å². The normalized spacial score (nSPS) is 10.2. The molecule has 0 N–H and O–H groups in total. The largest absolute Gasteiger partial charge is 0.461 e. The van der Waals surface area contributed by atoms with Crippen LogP contribution in [-0.2, 0) is 20.9 Å². The predicted octanol–water partition coefficient (Wildman–Crippen LogP) is 4.08. The Labute approximate surface area is 140 Å². The maximum Gasteiger partial charge on any atom is 0.311 e. The lowest BCUT2D eigenvalue weighted by molar-refractivity contribution is -0.148. The standard InChI is InChI=1S/C18H17ClO4/c1-13-11-15(19)7-8-16(13)23-18(21)10-9-17(20)22-12-14-5-3-2-4-6-14/h2-8,11H,9-10,12H2,1H3. The summed E-state index contributed by atoms with van der Waals surface area (Å²) in [4.78, 5) is 23.4. The van der Waals surface area contributed by atoms with E-state index in [0.29, 0.717) is 10.8 Å². The van der Waals surface area contributed by atoms with Gasteiger partial charge in [0.2, 0.25) is 0 Å². The van der Waals surface area contributed by atoms with E-state index in [4.69, 9.17) is 21.1 Å². The molecular weight excluding hydrogens is 316 g/mol. The van der Waals surface area contributed by atoms with Crippen LogP contribution in [0.15, 0.2) is 48.5 Å². The van der Waals surface area contributed by atoms with Crippen molar-refractivity contribution in [3.63, 3.8) is 0 Å². The first-order valence-electron chi connectivity index (χ1n) is 7.21. The molecular formula is C18H17ClO4. The smallest absolute Gasteiger partial charge is 0.311 e. The van der Waals surface area contributed by atoms with Gasteiger partial charge in [-0.15, -0.1) is 0 Å². The van der Waals surface area contributed by atoms with Crippen LogP contribution in [-0.4, -0.2) is 11.9 Å². The average molecular weight is 333 g/mol. The Bertz CT molecular complexity index is 683. The molecule has 0 saturated carbocycles. The van der Waals surface area contributed by atoms with E-state index in [-0.39, 0.29) is 19.4 Å². The van der Waals surface area contributed by atoms with E-state index >= 15 is 0 Å². The molecule has 0 unspecified atom stereocenters. The van der Waals surface area contributed by atoms with Gasteiger partial charge in [0.15, 0.2) is 0 Å². The van der Waals surface area contributed by atoms with Crippen molar-refractivity contribution in [2.45, 2.75) is 26.4 Å². The van der Waals surface area contributed by atoms with E-state index in [2.05, 4.69) is 0 Å². The van der Waals surface area contributed by atoms with Gasteiger partial charge in [-0.1, -0.05) is 41.9 Å². The zero-order chi connectivity index (χ0) is 16.7. The third-order valence-corrected chi connectivity index (χ3v) is 3.37. The van der Waals surface area contributed by atoms with Gasteiger partial charge in [0.25, 0.3) is 0 Å². The molecule has 4 nitrogen and oxygen atoms in total. The molecule has 0 amide bonds. The highest BCUT2D eigenvalue weighted by molar-refractivity contribution is 6.30. The van der Waals surface area contributed by atoms with E-state index in [0.717, 1.165) is 11.1 Å². The van der Waals surface area contributed by atoms with E-state index in [1.54, 1.807) is 25.1 Å². The minimum absolute atomic E-state index is 0.0156. The number of hydrogen-bond donors (Lipinski definition) is 0. The van der Waals surface area contributed by atoms with Gasteiger partial charge >= 0.3 is 11.9 Å². The zero-order valence-corrected chi connectivity index (χ0v) is 13.5. The maximum atomic E-state index is 11.8. The average Bonchev–Trinajstić information content (AvgIpc) is 2.54. The Balaban J connectivity index is 1.74. The van der Waals surface area contributed by atoms with Crippen molar-refractivity contribution in [2.24, 2.45) is 0 Å². The maximum absolute atomic E-state index is 11.8. The summed E-state index contributed by atoms with van der Waals surface area (Å²) in [6.45, 7) is 1.99. The Morgan fingerprint density at radius 2 is 1.70 bits per heavy atom. The van der Waals surface area contributed by atoms with Crippen molar-refractivity contribution >= 4 is 23.5 Å². The molecule has 0 heterocycles. The van der Waals surface area contributed by atoms with E-state index in [9.17, 15) is 9.59 Å². The SMILES string of the molecule is Cc1cc(Cl)ccc1OC(=O)CCC(=O)OCc1ccccc1. The molecule has 0 atom stereocenters. The van der Waals surface area contributed by atoms with Crippen molar-refractivity contribution in [2.75, 3.05) is 0 Å². The summed E-state index contributed by atoms with van der Waals surface area (Å²) in [6, 6.07) is 14.3. The van der Waals surface area contributed by atoms with E-state index < -0.39 is 11.9 Å². The number of benzene rings is 2. The summed E-state index contributed by atoms with van der Waals surface area (Å²) in [7, 11) is 0. The minimum Gasteiger partial charge on any atom is -0.461 e. The van der Waals surface area contributed by atoms with Gasteiger partial charge in [-0.25, -0.2) is 0 Å².